The van der Waals surface area contributed by atoms with Gasteiger partial charge in [-0.05, 0) is 50.6 Å². The molecule has 1 fully saturated rings. The van der Waals surface area contributed by atoms with Gasteiger partial charge in [-0.1, -0.05) is 24.8 Å². The minimum atomic E-state index is -4.61. The molecule has 2 aromatic heterocycles. The molecular weight excluding hydrogens is 469 g/mol. The SMILES string of the molecule is C=C(c1nc(/C=C/CNC(=O)c2cnn(C)c2)cc2c(N[C@H]3CCCNCC3)cccc12)C(F)(F)F. The van der Waals surface area contributed by atoms with Gasteiger partial charge in [0.2, 0.25) is 0 Å². The van der Waals surface area contributed by atoms with Gasteiger partial charge >= 0.3 is 6.18 Å². The minimum absolute atomic E-state index is 0.179. The maximum atomic E-state index is 13.6. The maximum Gasteiger partial charge on any atom is 0.417 e. The smallest absolute Gasteiger partial charge is 0.382 e. The third kappa shape index (κ3) is 6.12. The van der Waals surface area contributed by atoms with Crippen LogP contribution in [0.5, 0.6) is 0 Å². The summed E-state index contributed by atoms with van der Waals surface area (Å²) in [5.41, 5.74) is 0.324. The van der Waals surface area contributed by atoms with Crippen LogP contribution in [0.1, 0.15) is 41.0 Å². The number of benzene rings is 1. The third-order valence-electron chi connectivity index (χ3n) is 6.09. The molecule has 4 rings (SSSR count). The Balaban J connectivity index is 1.63. The Morgan fingerprint density at radius 3 is 2.86 bits per heavy atom. The normalized spacial score (nSPS) is 16.7. The zero-order chi connectivity index (χ0) is 25.7. The number of amides is 1. The Morgan fingerprint density at radius 2 is 2.11 bits per heavy atom. The lowest BCUT2D eigenvalue weighted by atomic mass is 10.0. The summed E-state index contributed by atoms with van der Waals surface area (Å²) in [6, 6.07) is 7.23. The Kier molecular flexibility index (Phi) is 7.73. The quantitative estimate of drug-likeness (QED) is 0.446. The zero-order valence-electron chi connectivity index (χ0n) is 20.0. The van der Waals surface area contributed by atoms with Crippen molar-refractivity contribution in [3.63, 3.8) is 0 Å². The van der Waals surface area contributed by atoms with Gasteiger partial charge in [-0.25, -0.2) is 4.98 Å². The van der Waals surface area contributed by atoms with Crippen LogP contribution in [-0.4, -0.2) is 52.5 Å². The first-order chi connectivity index (χ1) is 17.2. The van der Waals surface area contributed by atoms with Crippen LogP contribution in [0.25, 0.3) is 22.4 Å². The molecule has 0 aliphatic carbocycles. The van der Waals surface area contributed by atoms with Crippen molar-refractivity contribution < 1.29 is 18.0 Å². The van der Waals surface area contributed by atoms with Crippen molar-refractivity contribution in [2.24, 2.45) is 7.05 Å². The highest BCUT2D eigenvalue weighted by molar-refractivity contribution is 6.01. The minimum Gasteiger partial charge on any atom is -0.382 e. The number of carbonyl (C=O) groups excluding carboxylic acids is 1. The molecule has 0 saturated carbocycles. The van der Waals surface area contributed by atoms with Crippen molar-refractivity contribution in [3.05, 3.63) is 66.3 Å². The van der Waals surface area contributed by atoms with E-state index in [9.17, 15) is 18.0 Å². The van der Waals surface area contributed by atoms with Gasteiger partial charge in [0.25, 0.3) is 5.91 Å². The Labute approximate surface area is 207 Å². The third-order valence-corrected chi connectivity index (χ3v) is 6.09. The van der Waals surface area contributed by atoms with E-state index < -0.39 is 11.7 Å². The standard InChI is InChI=1S/C26H29F3N6O/c1-17(26(27,28)29)24-21-8-3-9-23(33-19-6-4-11-30-13-10-19)22(21)14-20(34-24)7-5-12-31-25(36)18-15-32-35(2)16-18/h3,5,7-9,14-16,19,30,33H,1,4,6,10-13H2,2H3,(H,31,36)/b7-5+/t19-/m0/s1. The number of carbonyl (C=O) groups is 1. The number of alkyl halides is 3. The summed E-state index contributed by atoms with van der Waals surface area (Å²) in [6.45, 7) is 5.32. The van der Waals surface area contributed by atoms with Crippen LogP contribution in [0.4, 0.5) is 18.9 Å². The molecule has 7 nitrogen and oxygen atoms in total. The molecule has 190 valence electrons. The van der Waals surface area contributed by atoms with Crippen molar-refractivity contribution in [1.82, 2.24) is 25.4 Å². The van der Waals surface area contributed by atoms with Crippen molar-refractivity contribution >= 4 is 34.0 Å². The van der Waals surface area contributed by atoms with E-state index in [1.807, 2.05) is 6.07 Å². The number of aromatic nitrogens is 3. The van der Waals surface area contributed by atoms with Crippen LogP contribution < -0.4 is 16.0 Å². The average molecular weight is 499 g/mol. The Hall–Kier alpha value is -3.66. The molecule has 0 unspecified atom stereocenters. The van der Waals surface area contributed by atoms with Crippen LogP contribution in [-0.2, 0) is 7.05 Å². The van der Waals surface area contributed by atoms with E-state index >= 15 is 0 Å². The molecule has 3 N–H and O–H groups in total. The number of pyridine rings is 1. The highest BCUT2D eigenvalue weighted by Crippen LogP contribution is 2.37. The number of hydrogen-bond acceptors (Lipinski definition) is 5. The van der Waals surface area contributed by atoms with Gasteiger partial charge < -0.3 is 16.0 Å². The fraction of sp³-hybridized carbons (Fsp3) is 0.346. The highest BCUT2D eigenvalue weighted by Gasteiger charge is 2.35. The van der Waals surface area contributed by atoms with Crippen molar-refractivity contribution in [1.29, 1.82) is 0 Å². The summed E-state index contributed by atoms with van der Waals surface area (Å²) < 4.78 is 42.4. The van der Waals surface area contributed by atoms with Gasteiger partial charge in [-0.15, -0.1) is 0 Å². The first kappa shape index (κ1) is 25.4. The molecule has 36 heavy (non-hydrogen) atoms. The molecule has 10 heteroatoms. The summed E-state index contributed by atoms with van der Waals surface area (Å²) in [6.07, 6.45) is 4.61. The van der Waals surface area contributed by atoms with Gasteiger partial charge in [-0.3, -0.25) is 9.48 Å². The highest BCUT2D eigenvalue weighted by atomic mass is 19.4. The number of halogens is 3. The van der Waals surface area contributed by atoms with Crippen molar-refractivity contribution in [2.45, 2.75) is 31.5 Å². The summed E-state index contributed by atoms with van der Waals surface area (Å²) in [4.78, 5) is 16.5. The first-order valence-electron chi connectivity index (χ1n) is 11.8. The molecular formula is C26H29F3N6O. The number of nitrogens with zero attached hydrogens (tertiary/aromatic N) is 3. The summed E-state index contributed by atoms with van der Waals surface area (Å²) in [5.74, 6) is -0.297. The second kappa shape index (κ2) is 10.9. The number of nitrogens with one attached hydrogen (secondary N) is 3. The van der Waals surface area contributed by atoms with E-state index in [1.165, 1.54) is 10.9 Å². The lowest BCUT2D eigenvalue weighted by Gasteiger charge is -2.20. The largest absolute Gasteiger partial charge is 0.417 e. The number of hydrogen-bond donors (Lipinski definition) is 3. The molecule has 3 aromatic rings. The Bertz CT molecular complexity index is 1270. The Morgan fingerprint density at radius 1 is 1.28 bits per heavy atom. The van der Waals surface area contributed by atoms with Crippen LogP contribution >= 0.6 is 0 Å². The molecule has 1 aromatic carbocycles. The molecule has 1 atom stereocenters. The van der Waals surface area contributed by atoms with Gasteiger partial charge in [0.1, 0.15) is 0 Å². The molecule has 1 amide bonds. The van der Waals surface area contributed by atoms with Crippen LogP contribution in [0.3, 0.4) is 0 Å². The van der Waals surface area contributed by atoms with Gasteiger partial charge in [0.15, 0.2) is 0 Å². The first-order valence-corrected chi connectivity index (χ1v) is 11.8. The predicted octanol–water partition coefficient (Wildman–Crippen LogP) is 4.54. The lowest BCUT2D eigenvalue weighted by molar-refractivity contribution is -0.0688. The second-order valence-electron chi connectivity index (χ2n) is 8.81. The second-order valence-corrected chi connectivity index (χ2v) is 8.81. The fourth-order valence-electron chi connectivity index (χ4n) is 4.23. The molecule has 0 radical (unpaired) electrons. The number of rotatable bonds is 7. The van der Waals surface area contributed by atoms with Crippen LogP contribution in [0.2, 0.25) is 0 Å². The topological polar surface area (TPSA) is 83.9 Å². The van der Waals surface area contributed by atoms with Gasteiger partial charge in [0.05, 0.1) is 28.7 Å². The summed E-state index contributed by atoms with van der Waals surface area (Å²) in [5, 5.41) is 14.6. The number of allylic oxidation sites excluding steroid dienone is 1. The van der Waals surface area contributed by atoms with E-state index in [4.69, 9.17) is 0 Å². The van der Waals surface area contributed by atoms with Crippen molar-refractivity contribution in [2.75, 3.05) is 25.0 Å². The maximum absolute atomic E-state index is 13.6. The molecule has 1 aliphatic heterocycles. The molecule has 1 saturated heterocycles. The molecule has 3 heterocycles. The van der Waals surface area contributed by atoms with E-state index in [0.717, 1.165) is 38.0 Å². The molecule has 0 spiro atoms. The predicted molar refractivity (Wildman–Crippen MR) is 136 cm³/mol. The van der Waals surface area contributed by atoms with E-state index in [2.05, 4.69) is 32.6 Å². The van der Waals surface area contributed by atoms with Gasteiger partial charge in [0, 0.05) is 42.3 Å². The number of anilines is 1. The van der Waals surface area contributed by atoms with E-state index in [-0.39, 0.29) is 24.2 Å². The van der Waals surface area contributed by atoms with E-state index in [1.54, 1.807) is 43.6 Å². The van der Waals surface area contributed by atoms with Crippen molar-refractivity contribution in [3.8, 4) is 0 Å². The summed E-state index contributed by atoms with van der Waals surface area (Å²) in [7, 11) is 1.71. The van der Waals surface area contributed by atoms with Crippen LogP contribution in [0.15, 0.2) is 49.3 Å². The number of fused-ring (bicyclic) bond motifs is 1. The fourth-order valence-corrected chi connectivity index (χ4v) is 4.23. The zero-order valence-corrected chi connectivity index (χ0v) is 20.0. The summed E-state index contributed by atoms with van der Waals surface area (Å²) >= 11 is 0. The number of aryl methyl sites for hydroxylation is 1. The average Bonchev–Trinajstić information content (AvgIpc) is 3.12. The lowest BCUT2D eigenvalue weighted by Crippen LogP contribution is -2.22. The monoisotopic (exact) mass is 498 g/mol. The van der Waals surface area contributed by atoms with Gasteiger partial charge in [-0.2, -0.15) is 18.3 Å². The van der Waals surface area contributed by atoms with Crippen LogP contribution in [0, 0.1) is 0 Å². The molecule has 1 aliphatic rings. The van der Waals surface area contributed by atoms with E-state index in [0.29, 0.717) is 22.0 Å². The molecule has 0 bridgehead atoms.